The number of nitrogens with zero attached hydrogens (tertiary/aromatic N) is 2. The maximum Gasteiger partial charge on any atom is 0.239 e. The molecule has 2 amide bonds. The van der Waals surface area contributed by atoms with Crippen LogP contribution in [0.1, 0.15) is 18.2 Å². The molecule has 120 valence electrons. The van der Waals surface area contributed by atoms with Crippen LogP contribution in [0.3, 0.4) is 0 Å². The predicted octanol–water partition coefficient (Wildman–Crippen LogP) is 2.40. The number of hydrogen-bond acceptors (Lipinski definition) is 3. The average Bonchev–Trinajstić information content (AvgIpc) is 2.54. The third-order valence-electron chi connectivity index (χ3n) is 3.29. The van der Waals surface area contributed by atoms with E-state index in [-0.39, 0.29) is 18.4 Å². The van der Waals surface area contributed by atoms with E-state index in [1.165, 1.54) is 11.8 Å². The van der Waals surface area contributed by atoms with Crippen LogP contribution in [-0.2, 0) is 22.7 Å². The van der Waals surface area contributed by atoms with Crippen LogP contribution in [0.4, 0.5) is 0 Å². The zero-order chi connectivity index (χ0) is 16.7. The van der Waals surface area contributed by atoms with E-state index in [4.69, 9.17) is 11.6 Å². The number of pyridine rings is 1. The Balaban J connectivity index is 1.91. The highest BCUT2D eigenvalue weighted by molar-refractivity contribution is 6.31. The third kappa shape index (κ3) is 5.38. The number of hydrogen-bond donors (Lipinski definition) is 1. The van der Waals surface area contributed by atoms with Gasteiger partial charge < -0.3 is 10.2 Å². The Morgan fingerprint density at radius 1 is 1.17 bits per heavy atom. The molecule has 6 heteroatoms. The van der Waals surface area contributed by atoms with Gasteiger partial charge in [0, 0.05) is 24.7 Å². The molecule has 0 bridgehead atoms. The number of nitrogens with one attached hydrogen (secondary N) is 1. The van der Waals surface area contributed by atoms with Crippen molar-refractivity contribution in [2.75, 3.05) is 6.54 Å². The molecule has 0 radical (unpaired) electrons. The van der Waals surface area contributed by atoms with E-state index in [2.05, 4.69) is 10.3 Å². The molecule has 0 fully saturated rings. The summed E-state index contributed by atoms with van der Waals surface area (Å²) in [6.07, 6.45) is 1.66. The smallest absolute Gasteiger partial charge is 0.239 e. The van der Waals surface area contributed by atoms with Gasteiger partial charge in [0.25, 0.3) is 0 Å². The first-order chi connectivity index (χ1) is 11.1. The normalized spacial score (nSPS) is 10.2. The van der Waals surface area contributed by atoms with E-state index in [1.54, 1.807) is 18.3 Å². The second-order valence-corrected chi connectivity index (χ2v) is 5.47. The Labute approximate surface area is 140 Å². The number of rotatable bonds is 6. The molecular formula is C17H18ClN3O2. The summed E-state index contributed by atoms with van der Waals surface area (Å²) in [7, 11) is 0. The average molecular weight is 332 g/mol. The van der Waals surface area contributed by atoms with E-state index < -0.39 is 0 Å². The molecule has 0 aliphatic heterocycles. The second-order valence-electron chi connectivity index (χ2n) is 5.06. The zero-order valence-corrected chi connectivity index (χ0v) is 13.6. The molecule has 0 unspecified atom stereocenters. The first-order valence-corrected chi connectivity index (χ1v) is 7.59. The molecule has 0 saturated carbocycles. The van der Waals surface area contributed by atoms with Crippen molar-refractivity contribution < 1.29 is 9.59 Å². The molecule has 0 aliphatic rings. The number of aromatic nitrogens is 1. The molecule has 1 N–H and O–H groups in total. The van der Waals surface area contributed by atoms with Crippen LogP contribution in [0.25, 0.3) is 0 Å². The minimum Gasteiger partial charge on any atom is -0.350 e. The Morgan fingerprint density at radius 3 is 2.57 bits per heavy atom. The fourth-order valence-corrected chi connectivity index (χ4v) is 2.23. The Morgan fingerprint density at radius 2 is 1.91 bits per heavy atom. The van der Waals surface area contributed by atoms with Crippen LogP contribution >= 0.6 is 11.6 Å². The Hall–Kier alpha value is -2.40. The molecule has 5 nitrogen and oxygen atoms in total. The zero-order valence-electron chi connectivity index (χ0n) is 12.8. The van der Waals surface area contributed by atoms with Crippen LogP contribution < -0.4 is 5.32 Å². The first-order valence-electron chi connectivity index (χ1n) is 7.22. The lowest BCUT2D eigenvalue weighted by molar-refractivity contribution is -0.135. The van der Waals surface area contributed by atoms with E-state index >= 15 is 0 Å². The molecule has 0 spiro atoms. The summed E-state index contributed by atoms with van der Waals surface area (Å²) in [5.74, 6) is -0.417. The largest absolute Gasteiger partial charge is 0.350 e. The summed E-state index contributed by atoms with van der Waals surface area (Å²) >= 11 is 6.05. The number of carbonyl (C=O) groups excluding carboxylic acids is 2. The quantitative estimate of drug-likeness (QED) is 0.884. The highest BCUT2D eigenvalue weighted by Gasteiger charge is 2.14. The fraction of sp³-hybridized carbons (Fsp3) is 0.235. The van der Waals surface area contributed by atoms with Gasteiger partial charge in [-0.1, -0.05) is 35.9 Å². The number of amides is 2. The van der Waals surface area contributed by atoms with Crippen molar-refractivity contribution in [1.29, 1.82) is 0 Å². The Kier molecular flexibility index (Phi) is 6.11. The van der Waals surface area contributed by atoms with Crippen molar-refractivity contribution in [3.05, 3.63) is 64.9 Å². The van der Waals surface area contributed by atoms with Gasteiger partial charge in [0.1, 0.15) is 0 Å². The topological polar surface area (TPSA) is 62.3 Å². The maximum absolute atomic E-state index is 12.1. The maximum atomic E-state index is 12.1. The van der Waals surface area contributed by atoms with Crippen molar-refractivity contribution in [2.45, 2.75) is 20.0 Å². The minimum atomic E-state index is -0.240. The monoisotopic (exact) mass is 331 g/mol. The van der Waals surface area contributed by atoms with Gasteiger partial charge in [0.2, 0.25) is 11.8 Å². The molecular weight excluding hydrogens is 314 g/mol. The van der Waals surface area contributed by atoms with Crippen LogP contribution in [0.5, 0.6) is 0 Å². The van der Waals surface area contributed by atoms with Crippen molar-refractivity contribution in [2.24, 2.45) is 0 Å². The number of carbonyl (C=O) groups is 2. The fourth-order valence-electron chi connectivity index (χ4n) is 2.03. The molecule has 23 heavy (non-hydrogen) atoms. The molecule has 0 aliphatic carbocycles. The van der Waals surface area contributed by atoms with Crippen LogP contribution in [0, 0.1) is 0 Å². The highest BCUT2D eigenvalue weighted by atomic mass is 35.5. The van der Waals surface area contributed by atoms with Gasteiger partial charge in [0.05, 0.1) is 18.8 Å². The van der Waals surface area contributed by atoms with Gasteiger partial charge in [-0.25, -0.2) is 0 Å². The lowest BCUT2D eigenvalue weighted by Gasteiger charge is -2.20. The molecule has 1 aromatic carbocycles. The van der Waals surface area contributed by atoms with Gasteiger partial charge in [-0.05, 0) is 23.8 Å². The van der Waals surface area contributed by atoms with Crippen molar-refractivity contribution in [3.8, 4) is 0 Å². The van der Waals surface area contributed by atoms with Gasteiger partial charge >= 0.3 is 0 Å². The van der Waals surface area contributed by atoms with Gasteiger partial charge in [-0.2, -0.15) is 0 Å². The van der Waals surface area contributed by atoms with Crippen molar-refractivity contribution >= 4 is 23.4 Å². The molecule has 1 heterocycles. The first kappa shape index (κ1) is 17.0. The predicted molar refractivity (Wildman–Crippen MR) is 88.6 cm³/mol. The van der Waals surface area contributed by atoms with Crippen LogP contribution in [-0.4, -0.2) is 28.2 Å². The van der Waals surface area contributed by atoms with E-state index in [0.717, 1.165) is 11.3 Å². The van der Waals surface area contributed by atoms with E-state index in [0.29, 0.717) is 18.1 Å². The standard InChI is InChI=1S/C17H18ClN3O2/c1-13(22)21(11-15-7-4-5-9-19-15)12-17(23)20-10-14-6-2-3-8-16(14)18/h2-9H,10-12H2,1H3,(H,20,23). The molecule has 1 aromatic heterocycles. The summed E-state index contributed by atoms with van der Waals surface area (Å²) < 4.78 is 0. The molecule has 0 atom stereocenters. The molecule has 2 rings (SSSR count). The number of halogens is 1. The van der Waals surface area contributed by atoms with Crippen molar-refractivity contribution in [3.63, 3.8) is 0 Å². The SMILES string of the molecule is CC(=O)N(CC(=O)NCc1ccccc1Cl)Cc1ccccn1. The summed E-state index contributed by atoms with van der Waals surface area (Å²) in [6.45, 7) is 2.05. The second kappa shape index (κ2) is 8.29. The summed E-state index contributed by atoms with van der Waals surface area (Å²) in [4.78, 5) is 29.4. The lowest BCUT2D eigenvalue weighted by Crippen LogP contribution is -2.39. The highest BCUT2D eigenvalue weighted by Crippen LogP contribution is 2.14. The summed E-state index contributed by atoms with van der Waals surface area (Å²) in [5.41, 5.74) is 1.57. The lowest BCUT2D eigenvalue weighted by atomic mass is 10.2. The van der Waals surface area contributed by atoms with E-state index in [1.807, 2.05) is 30.3 Å². The minimum absolute atomic E-state index is 0.0175. The molecule has 0 saturated heterocycles. The molecule has 2 aromatic rings. The van der Waals surface area contributed by atoms with Gasteiger partial charge in [0.15, 0.2) is 0 Å². The Bertz CT molecular complexity index is 677. The third-order valence-corrected chi connectivity index (χ3v) is 3.66. The van der Waals surface area contributed by atoms with E-state index in [9.17, 15) is 9.59 Å². The van der Waals surface area contributed by atoms with Crippen LogP contribution in [0.2, 0.25) is 5.02 Å². The van der Waals surface area contributed by atoms with Gasteiger partial charge in [-0.15, -0.1) is 0 Å². The van der Waals surface area contributed by atoms with Gasteiger partial charge in [-0.3, -0.25) is 14.6 Å². The van der Waals surface area contributed by atoms with Crippen molar-refractivity contribution in [1.82, 2.24) is 15.2 Å². The number of benzene rings is 1. The van der Waals surface area contributed by atoms with Crippen LogP contribution in [0.15, 0.2) is 48.7 Å². The summed E-state index contributed by atoms with van der Waals surface area (Å²) in [6, 6.07) is 12.8. The summed E-state index contributed by atoms with van der Waals surface area (Å²) in [5, 5.41) is 3.37.